The summed E-state index contributed by atoms with van der Waals surface area (Å²) >= 11 is 0. The van der Waals surface area contributed by atoms with Crippen LogP contribution in [0.15, 0.2) is 48.6 Å². The third-order valence-corrected chi connectivity index (χ3v) is 4.84. The largest absolute Gasteiger partial charge is 0.377 e. The predicted octanol–water partition coefficient (Wildman–Crippen LogP) is 6.66. The van der Waals surface area contributed by atoms with Crippen molar-refractivity contribution in [2.45, 2.75) is 102 Å². The van der Waals surface area contributed by atoms with Crippen molar-refractivity contribution in [1.29, 1.82) is 0 Å². The normalized spacial score (nSPS) is 13.4. The Morgan fingerprint density at radius 3 is 1.62 bits per heavy atom. The van der Waals surface area contributed by atoms with Crippen LogP contribution in [0.3, 0.4) is 0 Å². The maximum absolute atomic E-state index is 9.19. The standard InChI is InChI=1S/C30H42O2/c1-3-29(31)27-25-23-21-19-17-15-13-11-9-7-5-6-8-10-12-14-16-18-20-22-24-26-28-30(32)4-2/h1-2,5-6,9,11,25-32H,7-8,13-24H2/b6-5-,11-9-,27-25+,28-26+. The number of hydrogen-bond acceptors (Lipinski definition) is 2. The third-order valence-electron chi connectivity index (χ3n) is 4.84. The third kappa shape index (κ3) is 23.8. The van der Waals surface area contributed by atoms with Gasteiger partial charge in [-0.2, -0.15) is 0 Å². The Balaban J connectivity index is 3.42. The molecule has 0 amide bonds. The van der Waals surface area contributed by atoms with E-state index in [2.05, 4.69) is 48.0 Å². The molecule has 0 aliphatic rings. The topological polar surface area (TPSA) is 40.5 Å². The Kier molecular flexibility index (Phi) is 22.9. The second-order valence-electron chi connectivity index (χ2n) is 7.76. The molecular formula is C30H42O2. The summed E-state index contributed by atoms with van der Waals surface area (Å²) in [4.78, 5) is 0. The quantitative estimate of drug-likeness (QED) is 0.144. The Hall–Kier alpha value is -2.44. The van der Waals surface area contributed by atoms with E-state index in [0.29, 0.717) is 0 Å². The molecule has 0 rings (SSSR count). The molecule has 0 spiro atoms. The molecule has 174 valence electrons. The van der Waals surface area contributed by atoms with Gasteiger partial charge >= 0.3 is 0 Å². The summed E-state index contributed by atoms with van der Waals surface area (Å²) in [7, 11) is 0. The van der Waals surface area contributed by atoms with E-state index in [1.807, 2.05) is 12.2 Å². The average molecular weight is 435 g/mol. The molecule has 2 N–H and O–H groups in total. The second-order valence-corrected chi connectivity index (χ2v) is 7.76. The summed E-state index contributed by atoms with van der Waals surface area (Å²) in [6, 6.07) is 0. The maximum Gasteiger partial charge on any atom is 0.133 e. The van der Waals surface area contributed by atoms with Crippen LogP contribution in [0.1, 0.15) is 89.9 Å². The summed E-state index contributed by atoms with van der Waals surface area (Å²) in [6.45, 7) is 0. The zero-order chi connectivity index (χ0) is 23.5. The van der Waals surface area contributed by atoms with Crippen molar-refractivity contribution >= 4 is 0 Å². The Bertz CT molecular complexity index is 685. The molecule has 0 aliphatic carbocycles. The lowest BCUT2D eigenvalue weighted by atomic mass is 10.1. The monoisotopic (exact) mass is 434 g/mol. The molecule has 0 fully saturated rings. The lowest BCUT2D eigenvalue weighted by Crippen LogP contribution is -1.95. The number of allylic oxidation sites excluding steroid dienone is 6. The van der Waals surface area contributed by atoms with E-state index >= 15 is 0 Å². The van der Waals surface area contributed by atoms with E-state index in [4.69, 9.17) is 12.8 Å². The van der Waals surface area contributed by atoms with E-state index in [0.717, 1.165) is 57.8 Å². The summed E-state index contributed by atoms with van der Waals surface area (Å²) in [5, 5.41) is 18.4. The highest BCUT2D eigenvalue weighted by Gasteiger charge is 1.91. The van der Waals surface area contributed by atoms with Crippen molar-refractivity contribution in [3.63, 3.8) is 0 Å². The summed E-state index contributed by atoms with van der Waals surface area (Å²) in [5.41, 5.74) is 0. The molecule has 2 unspecified atom stereocenters. The first-order chi connectivity index (χ1) is 15.7. The summed E-state index contributed by atoms with van der Waals surface area (Å²) in [5.74, 6) is 11.0. The van der Waals surface area contributed by atoms with Crippen molar-refractivity contribution in [2.24, 2.45) is 0 Å². The van der Waals surface area contributed by atoms with Gasteiger partial charge in [0, 0.05) is 12.8 Å². The predicted molar refractivity (Wildman–Crippen MR) is 139 cm³/mol. The van der Waals surface area contributed by atoms with Crippen LogP contribution in [0.2, 0.25) is 0 Å². The van der Waals surface area contributed by atoms with Gasteiger partial charge in [-0.1, -0.05) is 79.9 Å². The molecule has 0 aromatic rings. The van der Waals surface area contributed by atoms with Gasteiger partial charge in [-0.3, -0.25) is 0 Å². The van der Waals surface area contributed by atoms with Crippen LogP contribution in [0.25, 0.3) is 0 Å². The zero-order valence-corrected chi connectivity index (χ0v) is 19.7. The SMILES string of the molecule is C#CC(O)/C=C/CCCCCCC#CC/C=C\C/C=C\CCCCCC/C=C/C(O)C#C. The minimum atomic E-state index is -0.743. The first-order valence-corrected chi connectivity index (χ1v) is 12.1. The highest BCUT2D eigenvalue weighted by atomic mass is 16.3. The smallest absolute Gasteiger partial charge is 0.133 e. The lowest BCUT2D eigenvalue weighted by molar-refractivity contribution is 0.280. The molecular weight excluding hydrogens is 392 g/mol. The molecule has 0 aromatic carbocycles. The molecule has 0 aliphatic heterocycles. The van der Waals surface area contributed by atoms with Gasteiger partial charge in [-0.25, -0.2) is 0 Å². The number of rotatable bonds is 18. The molecule has 0 saturated carbocycles. The first kappa shape index (κ1) is 29.6. The van der Waals surface area contributed by atoms with Crippen LogP contribution in [0.4, 0.5) is 0 Å². The van der Waals surface area contributed by atoms with Crippen LogP contribution in [-0.4, -0.2) is 22.4 Å². The van der Waals surface area contributed by atoms with Crippen molar-refractivity contribution < 1.29 is 10.2 Å². The van der Waals surface area contributed by atoms with Gasteiger partial charge in [0.15, 0.2) is 0 Å². The second kappa shape index (κ2) is 24.8. The number of terminal acetylenes is 2. The molecule has 0 saturated heterocycles. The van der Waals surface area contributed by atoms with Gasteiger partial charge in [0.05, 0.1) is 0 Å². The van der Waals surface area contributed by atoms with Crippen LogP contribution >= 0.6 is 0 Å². The van der Waals surface area contributed by atoms with Crippen molar-refractivity contribution in [3.05, 3.63) is 48.6 Å². The summed E-state index contributed by atoms with van der Waals surface area (Å²) in [6.07, 6.45) is 40.3. The average Bonchev–Trinajstić information content (AvgIpc) is 2.81. The van der Waals surface area contributed by atoms with Crippen molar-refractivity contribution in [2.75, 3.05) is 0 Å². The molecule has 2 atom stereocenters. The molecule has 0 radical (unpaired) electrons. The van der Waals surface area contributed by atoms with Gasteiger partial charge < -0.3 is 10.2 Å². The molecule has 0 bridgehead atoms. The fraction of sp³-hybridized carbons (Fsp3) is 0.533. The maximum atomic E-state index is 9.19. The number of aliphatic hydroxyl groups is 2. The number of unbranched alkanes of at least 4 members (excludes halogenated alkanes) is 10. The Morgan fingerprint density at radius 2 is 1.06 bits per heavy atom. The van der Waals surface area contributed by atoms with Crippen molar-refractivity contribution in [1.82, 2.24) is 0 Å². The fourth-order valence-electron chi connectivity index (χ4n) is 2.96. The first-order valence-electron chi connectivity index (χ1n) is 12.1. The van der Waals surface area contributed by atoms with Gasteiger partial charge in [0.1, 0.15) is 12.2 Å². The van der Waals surface area contributed by atoms with Crippen LogP contribution in [-0.2, 0) is 0 Å². The zero-order valence-electron chi connectivity index (χ0n) is 19.7. The highest BCUT2D eigenvalue weighted by Crippen LogP contribution is 2.07. The van der Waals surface area contributed by atoms with Crippen molar-refractivity contribution in [3.8, 4) is 36.5 Å². The summed E-state index contributed by atoms with van der Waals surface area (Å²) < 4.78 is 0. The van der Waals surface area contributed by atoms with E-state index < -0.39 is 12.2 Å². The van der Waals surface area contributed by atoms with Crippen LogP contribution < -0.4 is 0 Å². The van der Waals surface area contributed by atoms with Gasteiger partial charge in [0.25, 0.3) is 0 Å². The molecule has 2 heteroatoms. The van der Waals surface area contributed by atoms with Gasteiger partial charge in [-0.05, 0) is 63.5 Å². The minimum Gasteiger partial charge on any atom is -0.377 e. The lowest BCUT2D eigenvalue weighted by Gasteiger charge is -1.97. The van der Waals surface area contributed by atoms with Crippen LogP contribution in [0.5, 0.6) is 0 Å². The van der Waals surface area contributed by atoms with Gasteiger partial charge in [0.2, 0.25) is 0 Å². The number of aliphatic hydroxyl groups excluding tert-OH is 2. The van der Waals surface area contributed by atoms with E-state index in [1.165, 1.54) is 32.1 Å². The molecule has 32 heavy (non-hydrogen) atoms. The Labute approximate surface area is 197 Å². The molecule has 0 heterocycles. The highest BCUT2D eigenvalue weighted by molar-refractivity contribution is 5.07. The minimum absolute atomic E-state index is 0.738. The van der Waals surface area contributed by atoms with Crippen LogP contribution in [0, 0.1) is 36.5 Å². The molecule has 0 aromatic heterocycles. The molecule has 2 nitrogen and oxygen atoms in total. The number of hydrogen-bond donors (Lipinski definition) is 2. The van der Waals surface area contributed by atoms with E-state index in [1.54, 1.807) is 12.2 Å². The van der Waals surface area contributed by atoms with E-state index in [9.17, 15) is 10.2 Å². The fourth-order valence-corrected chi connectivity index (χ4v) is 2.96. The van der Waals surface area contributed by atoms with Gasteiger partial charge in [-0.15, -0.1) is 18.8 Å². The van der Waals surface area contributed by atoms with E-state index in [-0.39, 0.29) is 0 Å². The Morgan fingerprint density at radius 1 is 0.562 bits per heavy atom.